The van der Waals surface area contributed by atoms with Gasteiger partial charge in [0.15, 0.2) is 5.96 Å². The number of aliphatic hydroxyl groups is 1. The zero-order chi connectivity index (χ0) is 19.0. The molecular weight excluding hydrogens is 328 g/mol. The molecule has 1 unspecified atom stereocenters. The van der Waals surface area contributed by atoms with Gasteiger partial charge in [0.25, 0.3) is 0 Å². The fraction of sp³-hybridized carbons (Fsp3) is 0.900. The SMILES string of the molecule is CCCC(CCO)CN=C(NCC)NCCNC(=O)CC1CCCCC1. The summed E-state index contributed by atoms with van der Waals surface area (Å²) >= 11 is 0. The molecule has 0 heterocycles. The van der Waals surface area contributed by atoms with Gasteiger partial charge in [-0.2, -0.15) is 0 Å². The minimum absolute atomic E-state index is 0.173. The number of carbonyl (C=O) groups is 1. The van der Waals surface area contributed by atoms with E-state index in [4.69, 9.17) is 5.11 Å². The van der Waals surface area contributed by atoms with Crippen LogP contribution in [0.15, 0.2) is 4.99 Å². The van der Waals surface area contributed by atoms with E-state index < -0.39 is 0 Å². The molecule has 1 amide bonds. The normalized spacial score (nSPS) is 17.0. The third-order valence-corrected chi connectivity index (χ3v) is 5.02. The summed E-state index contributed by atoms with van der Waals surface area (Å²) in [6.07, 6.45) is 9.95. The molecule has 0 bridgehead atoms. The lowest BCUT2D eigenvalue weighted by molar-refractivity contribution is -0.122. The molecule has 1 rings (SSSR count). The van der Waals surface area contributed by atoms with E-state index in [1.807, 2.05) is 6.92 Å². The number of nitrogens with one attached hydrogen (secondary N) is 3. The van der Waals surface area contributed by atoms with Gasteiger partial charge < -0.3 is 21.1 Å². The van der Waals surface area contributed by atoms with E-state index in [-0.39, 0.29) is 12.5 Å². The predicted molar refractivity (Wildman–Crippen MR) is 108 cm³/mol. The number of guanidine groups is 1. The van der Waals surface area contributed by atoms with Crippen molar-refractivity contribution in [2.24, 2.45) is 16.8 Å². The molecule has 4 N–H and O–H groups in total. The Labute approximate surface area is 159 Å². The smallest absolute Gasteiger partial charge is 0.220 e. The lowest BCUT2D eigenvalue weighted by Crippen LogP contribution is -2.42. The van der Waals surface area contributed by atoms with Gasteiger partial charge in [0.1, 0.15) is 0 Å². The number of aliphatic imine (C=N–C) groups is 1. The van der Waals surface area contributed by atoms with Crippen LogP contribution in [0.4, 0.5) is 0 Å². The zero-order valence-corrected chi connectivity index (χ0v) is 16.9. The van der Waals surface area contributed by atoms with E-state index in [0.29, 0.717) is 31.3 Å². The second-order valence-electron chi connectivity index (χ2n) is 7.37. The topological polar surface area (TPSA) is 85.8 Å². The van der Waals surface area contributed by atoms with Crippen LogP contribution in [0, 0.1) is 11.8 Å². The van der Waals surface area contributed by atoms with Crippen LogP contribution in [0.5, 0.6) is 0 Å². The maximum atomic E-state index is 12.0. The van der Waals surface area contributed by atoms with Crippen LogP contribution in [-0.4, -0.2) is 49.8 Å². The summed E-state index contributed by atoms with van der Waals surface area (Å²) in [5.74, 6) is 1.97. The molecule has 1 atom stereocenters. The summed E-state index contributed by atoms with van der Waals surface area (Å²) in [5.41, 5.74) is 0. The first-order valence-corrected chi connectivity index (χ1v) is 10.6. The van der Waals surface area contributed by atoms with Gasteiger partial charge in [-0.05, 0) is 44.4 Å². The van der Waals surface area contributed by atoms with Gasteiger partial charge in [-0.1, -0.05) is 32.6 Å². The third-order valence-electron chi connectivity index (χ3n) is 5.02. The van der Waals surface area contributed by atoms with E-state index in [9.17, 15) is 4.79 Å². The highest BCUT2D eigenvalue weighted by atomic mass is 16.3. The number of hydrogen-bond acceptors (Lipinski definition) is 3. The number of rotatable bonds is 12. The minimum Gasteiger partial charge on any atom is -0.396 e. The Morgan fingerprint density at radius 2 is 1.81 bits per heavy atom. The summed E-state index contributed by atoms with van der Waals surface area (Å²) < 4.78 is 0. The molecule has 1 aliphatic rings. The van der Waals surface area contributed by atoms with Crippen molar-refractivity contribution in [3.05, 3.63) is 0 Å². The second-order valence-corrected chi connectivity index (χ2v) is 7.37. The number of aliphatic hydroxyl groups excluding tert-OH is 1. The molecule has 1 aliphatic carbocycles. The molecule has 0 radical (unpaired) electrons. The maximum Gasteiger partial charge on any atom is 0.220 e. The van der Waals surface area contributed by atoms with E-state index in [2.05, 4.69) is 27.9 Å². The van der Waals surface area contributed by atoms with Crippen molar-refractivity contribution in [1.82, 2.24) is 16.0 Å². The molecule has 26 heavy (non-hydrogen) atoms. The Morgan fingerprint density at radius 3 is 2.46 bits per heavy atom. The summed E-state index contributed by atoms with van der Waals surface area (Å²) in [7, 11) is 0. The molecule has 0 aliphatic heterocycles. The summed E-state index contributed by atoms with van der Waals surface area (Å²) in [6.45, 7) is 7.23. The fourth-order valence-electron chi connectivity index (χ4n) is 3.59. The van der Waals surface area contributed by atoms with Crippen LogP contribution in [0.2, 0.25) is 0 Å². The van der Waals surface area contributed by atoms with Crippen molar-refractivity contribution in [3.63, 3.8) is 0 Å². The first-order valence-electron chi connectivity index (χ1n) is 10.6. The number of nitrogens with zero attached hydrogens (tertiary/aromatic N) is 1. The van der Waals surface area contributed by atoms with Crippen molar-refractivity contribution in [2.75, 3.05) is 32.8 Å². The fourth-order valence-corrected chi connectivity index (χ4v) is 3.59. The molecule has 6 heteroatoms. The molecule has 1 saturated carbocycles. The van der Waals surface area contributed by atoms with E-state index >= 15 is 0 Å². The van der Waals surface area contributed by atoms with Crippen LogP contribution in [-0.2, 0) is 4.79 Å². The number of amides is 1. The molecule has 1 fully saturated rings. The number of hydrogen-bond donors (Lipinski definition) is 4. The van der Waals surface area contributed by atoms with Crippen LogP contribution >= 0.6 is 0 Å². The van der Waals surface area contributed by atoms with Gasteiger partial charge in [-0.15, -0.1) is 0 Å². The summed E-state index contributed by atoms with van der Waals surface area (Å²) in [5, 5.41) is 18.7. The maximum absolute atomic E-state index is 12.0. The van der Waals surface area contributed by atoms with Crippen molar-refractivity contribution in [1.29, 1.82) is 0 Å². The Morgan fingerprint density at radius 1 is 1.08 bits per heavy atom. The summed E-state index contributed by atoms with van der Waals surface area (Å²) in [4.78, 5) is 16.7. The van der Waals surface area contributed by atoms with Gasteiger partial charge in [0.05, 0.1) is 0 Å². The molecule has 0 spiro atoms. The molecule has 0 saturated heterocycles. The van der Waals surface area contributed by atoms with E-state index in [1.54, 1.807) is 0 Å². The van der Waals surface area contributed by atoms with Gasteiger partial charge in [0.2, 0.25) is 5.91 Å². The first-order chi connectivity index (χ1) is 12.7. The Hall–Kier alpha value is -1.30. The standard InChI is InChI=1S/C20H40N4O2/c1-3-8-18(11-14-25)16-24-20(21-4-2)23-13-12-22-19(26)15-17-9-6-5-7-10-17/h17-18,25H,3-16H2,1-2H3,(H,22,26)(H2,21,23,24). The third kappa shape index (κ3) is 10.6. The van der Waals surface area contributed by atoms with Crippen molar-refractivity contribution in [2.45, 2.75) is 71.6 Å². The van der Waals surface area contributed by atoms with Crippen LogP contribution in [0.1, 0.15) is 71.6 Å². The molecule has 0 aromatic carbocycles. The average Bonchev–Trinajstić information content (AvgIpc) is 2.64. The van der Waals surface area contributed by atoms with Crippen LogP contribution in [0.3, 0.4) is 0 Å². The highest BCUT2D eigenvalue weighted by molar-refractivity contribution is 5.80. The van der Waals surface area contributed by atoms with Crippen LogP contribution < -0.4 is 16.0 Å². The van der Waals surface area contributed by atoms with Crippen LogP contribution in [0.25, 0.3) is 0 Å². The quantitative estimate of drug-likeness (QED) is 0.242. The van der Waals surface area contributed by atoms with E-state index in [0.717, 1.165) is 38.3 Å². The molecular formula is C20H40N4O2. The first kappa shape index (κ1) is 22.7. The lowest BCUT2D eigenvalue weighted by atomic mass is 9.87. The predicted octanol–water partition coefficient (Wildman–Crippen LogP) is 2.43. The number of carbonyl (C=O) groups excluding carboxylic acids is 1. The largest absolute Gasteiger partial charge is 0.396 e. The Kier molecular flexibility index (Phi) is 13.0. The van der Waals surface area contributed by atoms with Gasteiger partial charge in [-0.25, -0.2) is 0 Å². The minimum atomic E-state index is 0.173. The molecule has 152 valence electrons. The highest BCUT2D eigenvalue weighted by Crippen LogP contribution is 2.25. The monoisotopic (exact) mass is 368 g/mol. The Bertz CT molecular complexity index is 389. The summed E-state index contributed by atoms with van der Waals surface area (Å²) in [6, 6.07) is 0. The van der Waals surface area contributed by atoms with Crippen molar-refractivity contribution >= 4 is 11.9 Å². The van der Waals surface area contributed by atoms with Gasteiger partial charge >= 0.3 is 0 Å². The van der Waals surface area contributed by atoms with Crippen molar-refractivity contribution in [3.8, 4) is 0 Å². The molecule has 0 aromatic heterocycles. The molecule has 6 nitrogen and oxygen atoms in total. The Balaban J connectivity index is 2.26. The average molecular weight is 369 g/mol. The van der Waals surface area contributed by atoms with E-state index in [1.165, 1.54) is 32.1 Å². The highest BCUT2D eigenvalue weighted by Gasteiger charge is 2.16. The molecule has 0 aromatic rings. The lowest BCUT2D eigenvalue weighted by Gasteiger charge is -2.21. The zero-order valence-electron chi connectivity index (χ0n) is 16.9. The van der Waals surface area contributed by atoms with Gasteiger partial charge in [-0.3, -0.25) is 9.79 Å². The second kappa shape index (κ2) is 14.8. The van der Waals surface area contributed by atoms with Gasteiger partial charge in [0, 0.05) is 39.2 Å². The van der Waals surface area contributed by atoms with Crippen molar-refractivity contribution < 1.29 is 9.90 Å².